The lowest BCUT2D eigenvalue weighted by Crippen LogP contribution is -2.02. The molecule has 0 bridgehead atoms. The Morgan fingerprint density at radius 2 is 2.06 bits per heavy atom. The van der Waals surface area contributed by atoms with Crippen LogP contribution in [0, 0.1) is 5.92 Å². The molecule has 1 nitrogen and oxygen atoms in total. The first-order valence-electron chi connectivity index (χ1n) is 5.74. The van der Waals surface area contributed by atoms with Crippen LogP contribution < -0.4 is 0 Å². The first-order chi connectivity index (χ1) is 7.68. The van der Waals surface area contributed by atoms with Crippen molar-refractivity contribution in [2.45, 2.75) is 26.2 Å². The summed E-state index contributed by atoms with van der Waals surface area (Å²) < 4.78 is 18.3. The Morgan fingerprint density at radius 3 is 2.62 bits per heavy atom. The quantitative estimate of drug-likeness (QED) is 0.747. The monoisotopic (exact) mass is 220 g/mol. The number of rotatable bonds is 3. The molecule has 2 heteroatoms. The summed E-state index contributed by atoms with van der Waals surface area (Å²) in [6, 6.07) is 9.86. The molecule has 0 radical (unpaired) electrons. The summed E-state index contributed by atoms with van der Waals surface area (Å²) in [5, 5.41) is 0. The SMILES string of the molecule is CC1COC(F)=C1CC(C)c1ccccc1. The predicted octanol–water partition coefficient (Wildman–Crippen LogP) is 4.03. The lowest BCUT2D eigenvalue weighted by molar-refractivity contribution is 0.162. The van der Waals surface area contributed by atoms with Gasteiger partial charge in [-0.15, -0.1) is 0 Å². The van der Waals surface area contributed by atoms with E-state index in [1.165, 1.54) is 5.56 Å². The van der Waals surface area contributed by atoms with Gasteiger partial charge in [-0.1, -0.05) is 44.2 Å². The average Bonchev–Trinajstić information content (AvgIpc) is 2.62. The van der Waals surface area contributed by atoms with Crippen molar-refractivity contribution in [2.75, 3.05) is 6.61 Å². The first kappa shape index (κ1) is 11.2. The molecule has 0 saturated carbocycles. The summed E-state index contributed by atoms with van der Waals surface area (Å²) in [7, 11) is 0. The van der Waals surface area contributed by atoms with Crippen LogP contribution in [-0.4, -0.2) is 6.61 Å². The minimum Gasteiger partial charge on any atom is -0.470 e. The Kier molecular flexibility index (Phi) is 3.28. The molecule has 86 valence electrons. The predicted molar refractivity (Wildman–Crippen MR) is 62.7 cm³/mol. The van der Waals surface area contributed by atoms with Gasteiger partial charge < -0.3 is 4.74 Å². The molecule has 0 amide bonds. The minimum absolute atomic E-state index is 0.214. The van der Waals surface area contributed by atoms with Crippen LogP contribution in [0.3, 0.4) is 0 Å². The number of halogens is 1. The number of ether oxygens (including phenoxy) is 1. The molecular weight excluding hydrogens is 203 g/mol. The Labute approximate surface area is 95.9 Å². The standard InChI is InChI=1S/C14H17FO/c1-10(12-6-4-3-5-7-12)8-13-11(2)9-16-14(13)15/h3-7,10-11H,8-9H2,1-2H3. The molecule has 0 spiro atoms. The first-order valence-corrected chi connectivity index (χ1v) is 5.74. The largest absolute Gasteiger partial charge is 0.470 e. The van der Waals surface area contributed by atoms with Gasteiger partial charge in [0.05, 0.1) is 6.61 Å². The van der Waals surface area contributed by atoms with Gasteiger partial charge in [0.2, 0.25) is 0 Å². The van der Waals surface area contributed by atoms with Gasteiger partial charge in [-0.2, -0.15) is 4.39 Å². The van der Waals surface area contributed by atoms with E-state index in [-0.39, 0.29) is 11.9 Å². The van der Waals surface area contributed by atoms with E-state index in [1.54, 1.807) is 0 Å². The van der Waals surface area contributed by atoms with E-state index in [0.29, 0.717) is 12.5 Å². The van der Waals surface area contributed by atoms with Crippen molar-refractivity contribution in [1.82, 2.24) is 0 Å². The van der Waals surface area contributed by atoms with Gasteiger partial charge in [0, 0.05) is 11.5 Å². The molecule has 0 aliphatic carbocycles. The third kappa shape index (κ3) is 2.26. The number of benzene rings is 1. The average molecular weight is 220 g/mol. The molecule has 0 aromatic heterocycles. The molecule has 2 rings (SSSR count). The molecule has 2 unspecified atom stereocenters. The lowest BCUT2D eigenvalue weighted by atomic mass is 9.90. The fraction of sp³-hybridized carbons (Fsp3) is 0.429. The van der Waals surface area contributed by atoms with E-state index in [2.05, 4.69) is 19.1 Å². The van der Waals surface area contributed by atoms with E-state index in [9.17, 15) is 4.39 Å². The zero-order valence-corrected chi connectivity index (χ0v) is 9.74. The Bertz CT molecular complexity index is 383. The van der Waals surface area contributed by atoms with Gasteiger partial charge in [0.15, 0.2) is 0 Å². The maximum Gasteiger partial charge on any atom is 0.272 e. The number of hydrogen-bond donors (Lipinski definition) is 0. The molecule has 0 N–H and O–H groups in total. The maximum absolute atomic E-state index is 13.4. The van der Waals surface area contributed by atoms with Crippen LogP contribution in [0.4, 0.5) is 4.39 Å². The fourth-order valence-electron chi connectivity index (χ4n) is 2.10. The maximum atomic E-state index is 13.4. The molecule has 1 aromatic carbocycles. The lowest BCUT2D eigenvalue weighted by Gasteiger charge is -2.13. The second-order valence-electron chi connectivity index (χ2n) is 4.53. The fourth-order valence-corrected chi connectivity index (χ4v) is 2.10. The van der Waals surface area contributed by atoms with Crippen LogP contribution in [0.15, 0.2) is 41.9 Å². The number of hydrogen-bond acceptors (Lipinski definition) is 1. The zero-order chi connectivity index (χ0) is 11.5. The summed E-state index contributed by atoms with van der Waals surface area (Å²) in [4.78, 5) is 0. The third-order valence-electron chi connectivity index (χ3n) is 3.20. The van der Waals surface area contributed by atoms with E-state index in [1.807, 2.05) is 25.1 Å². The van der Waals surface area contributed by atoms with Crippen LogP contribution >= 0.6 is 0 Å². The molecule has 16 heavy (non-hydrogen) atoms. The van der Waals surface area contributed by atoms with E-state index in [4.69, 9.17) is 4.74 Å². The van der Waals surface area contributed by atoms with Gasteiger partial charge in [0.25, 0.3) is 6.01 Å². The smallest absolute Gasteiger partial charge is 0.272 e. The van der Waals surface area contributed by atoms with Crippen LogP contribution in [0.1, 0.15) is 31.7 Å². The van der Waals surface area contributed by atoms with Gasteiger partial charge >= 0.3 is 0 Å². The third-order valence-corrected chi connectivity index (χ3v) is 3.20. The highest BCUT2D eigenvalue weighted by Gasteiger charge is 2.25. The summed E-state index contributed by atoms with van der Waals surface area (Å²) >= 11 is 0. The van der Waals surface area contributed by atoms with Crippen LogP contribution in [0.25, 0.3) is 0 Å². The second kappa shape index (κ2) is 4.69. The van der Waals surface area contributed by atoms with Gasteiger partial charge in [-0.3, -0.25) is 0 Å². The molecule has 1 heterocycles. The van der Waals surface area contributed by atoms with Crippen molar-refractivity contribution in [3.8, 4) is 0 Å². The van der Waals surface area contributed by atoms with Crippen molar-refractivity contribution >= 4 is 0 Å². The van der Waals surface area contributed by atoms with Crippen molar-refractivity contribution in [3.63, 3.8) is 0 Å². The van der Waals surface area contributed by atoms with E-state index >= 15 is 0 Å². The Morgan fingerprint density at radius 1 is 1.38 bits per heavy atom. The summed E-state index contributed by atoms with van der Waals surface area (Å²) in [6.45, 7) is 4.63. The summed E-state index contributed by atoms with van der Waals surface area (Å²) in [5.74, 6) is 0.553. The van der Waals surface area contributed by atoms with Gasteiger partial charge in [-0.25, -0.2) is 0 Å². The Balaban J connectivity index is 2.08. The molecule has 1 aromatic rings. The van der Waals surface area contributed by atoms with Crippen LogP contribution in [-0.2, 0) is 4.74 Å². The zero-order valence-electron chi connectivity index (χ0n) is 9.74. The van der Waals surface area contributed by atoms with E-state index in [0.717, 1.165) is 12.0 Å². The molecular formula is C14H17FO. The van der Waals surface area contributed by atoms with Crippen molar-refractivity contribution in [3.05, 3.63) is 47.5 Å². The van der Waals surface area contributed by atoms with Crippen molar-refractivity contribution in [1.29, 1.82) is 0 Å². The molecule has 0 fully saturated rings. The van der Waals surface area contributed by atoms with Crippen LogP contribution in [0.2, 0.25) is 0 Å². The highest BCUT2D eigenvalue weighted by molar-refractivity contribution is 5.23. The Hall–Kier alpha value is -1.31. The van der Waals surface area contributed by atoms with Crippen LogP contribution in [0.5, 0.6) is 0 Å². The van der Waals surface area contributed by atoms with Gasteiger partial charge in [-0.05, 0) is 17.9 Å². The highest BCUT2D eigenvalue weighted by atomic mass is 19.1. The highest BCUT2D eigenvalue weighted by Crippen LogP contribution is 2.34. The molecule has 1 aliphatic heterocycles. The van der Waals surface area contributed by atoms with Crippen molar-refractivity contribution in [2.24, 2.45) is 5.92 Å². The minimum atomic E-state index is -0.352. The molecule has 1 aliphatic rings. The van der Waals surface area contributed by atoms with Gasteiger partial charge in [0.1, 0.15) is 0 Å². The normalized spacial score (nSPS) is 22.1. The topological polar surface area (TPSA) is 9.23 Å². The molecule has 0 saturated heterocycles. The van der Waals surface area contributed by atoms with Crippen molar-refractivity contribution < 1.29 is 9.13 Å². The van der Waals surface area contributed by atoms with E-state index < -0.39 is 0 Å². The second-order valence-corrected chi connectivity index (χ2v) is 4.53. The summed E-state index contributed by atoms with van der Waals surface area (Å²) in [5.41, 5.74) is 2.08. The molecule has 2 atom stereocenters. The summed E-state index contributed by atoms with van der Waals surface area (Å²) in [6.07, 6.45) is 0.747.